The molecule has 2 aliphatic rings. The Hall–Kier alpha value is -1.95. The summed E-state index contributed by atoms with van der Waals surface area (Å²) in [5.74, 6) is -0.0866. The van der Waals surface area contributed by atoms with Crippen molar-refractivity contribution < 1.29 is 14.0 Å². The van der Waals surface area contributed by atoms with Crippen molar-refractivity contribution in [3.05, 3.63) is 35.6 Å². The number of likely N-dealkylation sites (tertiary alicyclic amines) is 1. The highest BCUT2D eigenvalue weighted by Crippen LogP contribution is 2.21. The Morgan fingerprint density at radius 2 is 2.17 bits per heavy atom. The monoisotopic (exact) mass is 333 g/mol. The van der Waals surface area contributed by atoms with E-state index < -0.39 is 0 Å². The smallest absolute Gasteiger partial charge is 0.227 e. The molecule has 1 N–H and O–H groups in total. The number of piperidine rings is 1. The zero-order valence-electron chi connectivity index (χ0n) is 13.8. The van der Waals surface area contributed by atoms with Gasteiger partial charge in [0.1, 0.15) is 5.82 Å². The second-order valence-electron chi connectivity index (χ2n) is 6.63. The summed E-state index contributed by atoms with van der Waals surface area (Å²) < 4.78 is 13.3. The Morgan fingerprint density at radius 3 is 3.00 bits per heavy atom. The maximum absolute atomic E-state index is 13.3. The van der Waals surface area contributed by atoms with E-state index in [0.717, 1.165) is 24.9 Å². The van der Waals surface area contributed by atoms with E-state index in [1.807, 2.05) is 11.0 Å². The maximum atomic E-state index is 13.3. The van der Waals surface area contributed by atoms with Crippen LogP contribution >= 0.6 is 0 Å². The van der Waals surface area contributed by atoms with Crippen LogP contribution in [0.4, 0.5) is 4.39 Å². The fraction of sp³-hybridized carbons (Fsp3) is 0.556. The van der Waals surface area contributed by atoms with Gasteiger partial charge in [0, 0.05) is 39.1 Å². The van der Waals surface area contributed by atoms with E-state index in [0.29, 0.717) is 39.1 Å². The fourth-order valence-electron chi connectivity index (χ4n) is 3.54. The molecule has 2 aliphatic heterocycles. The fourth-order valence-corrected chi connectivity index (χ4v) is 3.54. The van der Waals surface area contributed by atoms with Gasteiger partial charge >= 0.3 is 0 Å². The highest BCUT2D eigenvalue weighted by Gasteiger charge is 2.30. The first-order valence-electron chi connectivity index (χ1n) is 8.64. The van der Waals surface area contributed by atoms with Crippen LogP contribution in [0.3, 0.4) is 0 Å². The molecule has 0 aliphatic carbocycles. The minimum atomic E-state index is -0.223. The number of hydrogen-bond donors (Lipinski definition) is 1. The molecule has 0 aromatic heterocycles. The van der Waals surface area contributed by atoms with Crippen molar-refractivity contribution in [1.29, 1.82) is 0 Å². The Labute approximate surface area is 141 Å². The quantitative estimate of drug-likeness (QED) is 0.909. The molecule has 0 radical (unpaired) electrons. The Morgan fingerprint density at radius 1 is 1.29 bits per heavy atom. The van der Waals surface area contributed by atoms with Crippen LogP contribution in [-0.2, 0) is 16.1 Å². The summed E-state index contributed by atoms with van der Waals surface area (Å²) >= 11 is 0. The van der Waals surface area contributed by atoms with Crippen LogP contribution in [0.2, 0.25) is 0 Å². The Balaban J connectivity index is 1.58. The van der Waals surface area contributed by atoms with Crippen molar-refractivity contribution in [3.63, 3.8) is 0 Å². The van der Waals surface area contributed by atoms with Gasteiger partial charge in [0.2, 0.25) is 11.8 Å². The van der Waals surface area contributed by atoms with E-state index in [-0.39, 0.29) is 23.5 Å². The molecule has 6 heteroatoms. The average Bonchev–Trinajstić information content (AvgIpc) is 2.79. The third-order valence-electron chi connectivity index (χ3n) is 4.77. The molecule has 0 unspecified atom stereocenters. The zero-order chi connectivity index (χ0) is 16.9. The SMILES string of the molecule is O=C1CCN(C(=O)[C@@H]2CCCN(Cc3cccc(F)c3)C2)CCN1. The zero-order valence-corrected chi connectivity index (χ0v) is 13.8. The van der Waals surface area contributed by atoms with E-state index in [2.05, 4.69) is 10.2 Å². The summed E-state index contributed by atoms with van der Waals surface area (Å²) in [5.41, 5.74) is 0.938. The van der Waals surface area contributed by atoms with Gasteiger partial charge in [-0.2, -0.15) is 0 Å². The minimum absolute atomic E-state index is 0.0154. The van der Waals surface area contributed by atoms with Crippen molar-refractivity contribution in [3.8, 4) is 0 Å². The summed E-state index contributed by atoms with van der Waals surface area (Å²) in [5, 5.41) is 2.80. The minimum Gasteiger partial charge on any atom is -0.354 e. The van der Waals surface area contributed by atoms with Gasteiger partial charge in [-0.3, -0.25) is 14.5 Å². The van der Waals surface area contributed by atoms with Gasteiger partial charge < -0.3 is 10.2 Å². The van der Waals surface area contributed by atoms with Gasteiger partial charge in [-0.25, -0.2) is 4.39 Å². The molecule has 0 bridgehead atoms. The number of carbonyl (C=O) groups excluding carboxylic acids is 2. The lowest BCUT2D eigenvalue weighted by molar-refractivity contribution is -0.137. The number of benzene rings is 1. The summed E-state index contributed by atoms with van der Waals surface area (Å²) in [6.45, 7) is 3.93. The second-order valence-corrected chi connectivity index (χ2v) is 6.63. The van der Waals surface area contributed by atoms with E-state index >= 15 is 0 Å². The topological polar surface area (TPSA) is 52.7 Å². The molecular weight excluding hydrogens is 309 g/mol. The van der Waals surface area contributed by atoms with E-state index in [1.165, 1.54) is 6.07 Å². The van der Waals surface area contributed by atoms with Crippen molar-refractivity contribution in [1.82, 2.24) is 15.1 Å². The normalized spacial score (nSPS) is 22.8. The van der Waals surface area contributed by atoms with Gasteiger partial charge in [-0.15, -0.1) is 0 Å². The van der Waals surface area contributed by atoms with E-state index in [4.69, 9.17) is 0 Å². The molecule has 130 valence electrons. The van der Waals surface area contributed by atoms with E-state index in [9.17, 15) is 14.0 Å². The molecule has 0 spiro atoms. The number of halogens is 1. The van der Waals surface area contributed by atoms with Crippen LogP contribution in [0.1, 0.15) is 24.8 Å². The lowest BCUT2D eigenvalue weighted by Gasteiger charge is -2.34. The number of amides is 2. The first kappa shape index (κ1) is 16.9. The van der Waals surface area contributed by atoms with Crippen LogP contribution in [0.15, 0.2) is 24.3 Å². The van der Waals surface area contributed by atoms with Crippen molar-refractivity contribution in [2.75, 3.05) is 32.7 Å². The molecular formula is C18H24FN3O2. The molecule has 2 heterocycles. The van der Waals surface area contributed by atoms with Crippen LogP contribution in [0, 0.1) is 11.7 Å². The van der Waals surface area contributed by atoms with Crippen molar-refractivity contribution in [2.24, 2.45) is 5.92 Å². The summed E-state index contributed by atoms with van der Waals surface area (Å²) in [6.07, 6.45) is 2.23. The molecule has 2 saturated heterocycles. The Kier molecular flexibility index (Phi) is 5.45. The molecule has 2 fully saturated rings. The average molecular weight is 333 g/mol. The predicted molar refractivity (Wildman–Crippen MR) is 88.6 cm³/mol. The van der Waals surface area contributed by atoms with Crippen LogP contribution in [0.25, 0.3) is 0 Å². The predicted octanol–water partition coefficient (Wildman–Crippen LogP) is 1.39. The first-order valence-corrected chi connectivity index (χ1v) is 8.64. The molecule has 3 rings (SSSR count). The molecule has 0 saturated carbocycles. The molecule has 5 nitrogen and oxygen atoms in total. The van der Waals surface area contributed by atoms with Gasteiger partial charge in [-0.1, -0.05) is 12.1 Å². The van der Waals surface area contributed by atoms with Gasteiger partial charge in [0.25, 0.3) is 0 Å². The van der Waals surface area contributed by atoms with Crippen molar-refractivity contribution >= 4 is 11.8 Å². The summed E-state index contributed by atoms with van der Waals surface area (Å²) in [6, 6.07) is 6.64. The molecule has 1 aromatic rings. The third-order valence-corrected chi connectivity index (χ3v) is 4.77. The maximum Gasteiger partial charge on any atom is 0.227 e. The first-order chi connectivity index (χ1) is 11.6. The van der Waals surface area contributed by atoms with Crippen molar-refractivity contribution in [2.45, 2.75) is 25.8 Å². The highest BCUT2D eigenvalue weighted by molar-refractivity contribution is 5.81. The molecule has 2 amide bonds. The molecule has 1 atom stereocenters. The van der Waals surface area contributed by atoms with Gasteiger partial charge in [0.05, 0.1) is 5.92 Å². The standard InChI is InChI=1S/C18H24FN3O2/c19-16-5-1-3-14(11-16)12-21-8-2-4-15(13-21)18(24)22-9-6-17(23)20-7-10-22/h1,3,5,11,15H,2,4,6-10,12-13H2,(H,20,23)/t15-/m1/s1. The number of hydrogen-bond acceptors (Lipinski definition) is 3. The largest absolute Gasteiger partial charge is 0.354 e. The number of nitrogens with zero attached hydrogens (tertiary/aromatic N) is 2. The Bertz CT molecular complexity index is 608. The molecule has 24 heavy (non-hydrogen) atoms. The van der Waals surface area contributed by atoms with Crippen LogP contribution in [-0.4, -0.2) is 54.3 Å². The van der Waals surface area contributed by atoms with Crippen LogP contribution in [0.5, 0.6) is 0 Å². The number of nitrogens with one attached hydrogen (secondary N) is 1. The van der Waals surface area contributed by atoms with Gasteiger partial charge in [-0.05, 0) is 37.1 Å². The lowest BCUT2D eigenvalue weighted by atomic mass is 9.96. The highest BCUT2D eigenvalue weighted by atomic mass is 19.1. The van der Waals surface area contributed by atoms with Crippen LogP contribution < -0.4 is 5.32 Å². The number of carbonyl (C=O) groups is 2. The summed E-state index contributed by atoms with van der Waals surface area (Å²) in [7, 11) is 0. The molecule has 1 aromatic carbocycles. The number of rotatable bonds is 3. The summed E-state index contributed by atoms with van der Waals surface area (Å²) in [4.78, 5) is 28.2. The van der Waals surface area contributed by atoms with E-state index in [1.54, 1.807) is 12.1 Å². The van der Waals surface area contributed by atoms with Gasteiger partial charge in [0.15, 0.2) is 0 Å². The lowest BCUT2D eigenvalue weighted by Crippen LogP contribution is -2.45. The second kappa shape index (κ2) is 7.75. The third kappa shape index (κ3) is 4.32.